The van der Waals surface area contributed by atoms with Crippen LogP contribution in [0.1, 0.15) is 41.6 Å². The van der Waals surface area contributed by atoms with E-state index in [1.165, 1.54) is 12.3 Å². The van der Waals surface area contributed by atoms with Gasteiger partial charge in [0.15, 0.2) is 17.4 Å². The fourth-order valence-corrected chi connectivity index (χ4v) is 4.19. The number of anilines is 1. The molecule has 0 aliphatic carbocycles. The molecule has 2 aliphatic rings. The Bertz CT molecular complexity index is 1160. The zero-order valence-electron chi connectivity index (χ0n) is 18.3. The molecule has 1 saturated heterocycles. The minimum atomic E-state index is -1.00. The van der Waals surface area contributed by atoms with E-state index in [1.54, 1.807) is 17.0 Å². The number of piperidine rings is 1. The summed E-state index contributed by atoms with van der Waals surface area (Å²) in [7, 11) is 0. The predicted molar refractivity (Wildman–Crippen MR) is 116 cm³/mol. The number of hydrogen-bond donors (Lipinski definition) is 0. The number of amides is 1. The van der Waals surface area contributed by atoms with E-state index in [9.17, 15) is 13.6 Å². The molecule has 0 unspecified atom stereocenters. The summed E-state index contributed by atoms with van der Waals surface area (Å²) in [5, 5.41) is 0. The van der Waals surface area contributed by atoms with Crippen LogP contribution >= 0.6 is 0 Å². The molecule has 0 saturated carbocycles. The first kappa shape index (κ1) is 21.4. The van der Waals surface area contributed by atoms with Crippen LogP contribution in [0.5, 0.6) is 11.6 Å². The number of aromatic nitrogens is 2. The Kier molecular flexibility index (Phi) is 5.70. The molecule has 4 heterocycles. The number of furan rings is 1. The van der Waals surface area contributed by atoms with Crippen LogP contribution in [0.2, 0.25) is 0 Å². The first-order valence-electron chi connectivity index (χ1n) is 11.1. The maximum atomic E-state index is 13.8. The van der Waals surface area contributed by atoms with Gasteiger partial charge in [-0.05, 0) is 43.0 Å². The number of fused-ring (bicyclic) bond motifs is 1. The lowest BCUT2D eigenvalue weighted by Crippen LogP contribution is -2.38. The van der Waals surface area contributed by atoms with Gasteiger partial charge in [0.1, 0.15) is 5.75 Å². The smallest absolute Gasteiger partial charge is 0.289 e. The molecule has 1 aromatic carbocycles. The predicted octanol–water partition coefficient (Wildman–Crippen LogP) is 4.57. The number of carbonyl (C=O) groups is 1. The van der Waals surface area contributed by atoms with Crippen molar-refractivity contribution in [2.45, 2.75) is 32.7 Å². The number of benzene rings is 1. The van der Waals surface area contributed by atoms with Crippen molar-refractivity contribution in [1.82, 2.24) is 14.9 Å². The molecule has 172 valence electrons. The van der Waals surface area contributed by atoms with E-state index in [0.717, 1.165) is 43.8 Å². The molecule has 0 N–H and O–H groups in total. The summed E-state index contributed by atoms with van der Waals surface area (Å²) in [6.07, 6.45) is 4.07. The SMILES string of the molecule is CC1CCN(c2nc3c(c(Oc4ccc(F)c(F)c4)n2)CN(C(=O)c2ccco2)CC3)CC1. The Hall–Kier alpha value is -3.49. The van der Waals surface area contributed by atoms with Crippen molar-refractivity contribution in [3.8, 4) is 11.6 Å². The number of ether oxygens (including phenoxy) is 1. The van der Waals surface area contributed by atoms with Crippen LogP contribution in [0, 0.1) is 17.6 Å². The van der Waals surface area contributed by atoms with E-state index in [0.29, 0.717) is 30.4 Å². The van der Waals surface area contributed by atoms with Gasteiger partial charge in [0.2, 0.25) is 11.8 Å². The lowest BCUT2D eigenvalue weighted by atomic mass is 9.99. The first-order chi connectivity index (χ1) is 16.0. The second-order valence-electron chi connectivity index (χ2n) is 8.56. The Balaban J connectivity index is 1.49. The highest BCUT2D eigenvalue weighted by atomic mass is 19.2. The normalized spacial score (nSPS) is 16.6. The molecule has 0 spiro atoms. The highest BCUT2D eigenvalue weighted by molar-refractivity contribution is 5.91. The van der Waals surface area contributed by atoms with Gasteiger partial charge in [0, 0.05) is 32.1 Å². The van der Waals surface area contributed by atoms with E-state index in [2.05, 4.69) is 16.8 Å². The molecule has 9 heteroatoms. The topological polar surface area (TPSA) is 71.7 Å². The lowest BCUT2D eigenvalue weighted by Gasteiger charge is -2.33. The van der Waals surface area contributed by atoms with Gasteiger partial charge in [-0.25, -0.2) is 13.8 Å². The van der Waals surface area contributed by atoms with Crippen LogP contribution < -0.4 is 9.64 Å². The summed E-state index contributed by atoms with van der Waals surface area (Å²) in [6, 6.07) is 6.63. The standard InChI is InChI=1S/C24H24F2N4O3/c1-15-6-9-29(10-7-15)24-27-20-8-11-30(23(31)21-3-2-12-32-21)14-17(20)22(28-24)33-16-4-5-18(25)19(26)13-16/h2-5,12-13,15H,6-11,14H2,1H3. The van der Waals surface area contributed by atoms with Gasteiger partial charge in [-0.2, -0.15) is 4.98 Å². The van der Waals surface area contributed by atoms with Crippen molar-refractivity contribution in [2.75, 3.05) is 24.5 Å². The fourth-order valence-electron chi connectivity index (χ4n) is 4.19. The summed E-state index contributed by atoms with van der Waals surface area (Å²) >= 11 is 0. The molecule has 1 fully saturated rings. The third-order valence-corrected chi connectivity index (χ3v) is 6.20. The zero-order valence-corrected chi connectivity index (χ0v) is 18.3. The van der Waals surface area contributed by atoms with Gasteiger partial charge in [0.05, 0.1) is 24.1 Å². The molecule has 3 aromatic rings. The minimum absolute atomic E-state index is 0.127. The highest BCUT2D eigenvalue weighted by Gasteiger charge is 2.30. The molecule has 2 aliphatic heterocycles. The Morgan fingerprint density at radius 3 is 2.67 bits per heavy atom. The van der Waals surface area contributed by atoms with Gasteiger partial charge in [0.25, 0.3) is 5.91 Å². The van der Waals surface area contributed by atoms with Crippen molar-refractivity contribution in [3.05, 3.63) is 65.2 Å². The summed E-state index contributed by atoms with van der Waals surface area (Å²) in [5.41, 5.74) is 1.44. The average molecular weight is 454 g/mol. The Morgan fingerprint density at radius 2 is 1.94 bits per heavy atom. The number of carbonyl (C=O) groups excluding carboxylic acids is 1. The van der Waals surface area contributed by atoms with Crippen molar-refractivity contribution in [2.24, 2.45) is 5.92 Å². The zero-order chi connectivity index (χ0) is 22.9. The Morgan fingerprint density at radius 1 is 1.12 bits per heavy atom. The van der Waals surface area contributed by atoms with Crippen molar-refractivity contribution < 1.29 is 22.7 Å². The van der Waals surface area contributed by atoms with Crippen molar-refractivity contribution in [1.29, 1.82) is 0 Å². The first-order valence-corrected chi connectivity index (χ1v) is 11.1. The maximum Gasteiger partial charge on any atom is 0.289 e. The quantitative estimate of drug-likeness (QED) is 0.575. The van der Waals surface area contributed by atoms with Gasteiger partial charge >= 0.3 is 0 Å². The minimum Gasteiger partial charge on any atom is -0.459 e. The average Bonchev–Trinajstić information content (AvgIpc) is 3.36. The molecule has 33 heavy (non-hydrogen) atoms. The van der Waals surface area contributed by atoms with Crippen LogP contribution in [-0.2, 0) is 13.0 Å². The van der Waals surface area contributed by atoms with Crippen LogP contribution in [0.15, 0.2) is 41.0 Å². The van der Waals surface area contributed by atoms with Crippen molar-refractivity contribution >= 4 is 11.9 Å². The molecule has 0 atom stereocenters. The van der Waals surface area contributed by atoms with Gasteiger partial charge in [-0.15, -0.1) is 0 Å². The van der Waals surface area contributed by atoms with E-state index in [-0.39, 0.29) is 29.8 Å². The summed E-state index contributed by atoms with van der Waals surface area (Å²) < 4.78 is 38.4. The van der Waals surface area contributed by atoms with Gasteiger partial charge in [-0.1, -0.05) is 6.92 Å². The van der Waals surface area contributed by atoms with Crippen molar-refractivity contribution in [3.63, 3.8) is 0 Å². The van der Waals surface area contributed by atoms with Crippen LogP contribution in [0.3, 0.4) is 0 Å². The second-order valence-corrected chi connectivity index (χ2v) is 8.56. The van der Waals surface area contributed by atoms with Gasteiger partial charge in [-0.3, -0.25) is 4.79 Å². The fraction of sp³-hybridized carbons (Fsp3) is 0.375. The largest absolute Gasteiger partial charge is 0.459 e. The monoisotopic (exact) mass is 454 g/mol. The van der Waals surface area contributed by atoms with Crippen LogP contribution in [-0.4, -0.2) is 40.4 Å². The van der Waals surface area contributed by atoms with E-state index in [4.69, 9.17) is 14.1 Å². The van der Waals surface area contributed by atoms with Crippen LogP contribution in [0.25, 0.3) is 0 Å². The maximum absolute atomic E-state index is 13.8. The van der Waals surface area contributed by atoms with E-state index in [1.807, 2.05) is 0 Å². The summed E-state index contributed by atoms with van der Waals surface area (Å²) in [6.45, 7) is 4.62. The molecule has 2 aromatic heterocycles. The molecular weight excluding hydrogens is 430 g/mol. The third kappa shape index (κ3) is 4.40. The van der Waals surface area contributed by atoms with Crippen LogP contribution in [0.4, 0.5) is 14.7 Å². The number of halogens is 2. The van der Waals surface area contributed by atoms with Gasteiger partial charge < -0.3 is 19.0 Å². The Labute approximate surface area is 190 Å². The highest BCUT2D eigenvalue weighted by Crippen LogP contribution is 2.33. The molecule has 0 radical (unpaired) electrons. The summed E-state index contributed by atoms with van der Waals surface area (Å²) in [4.78, 5) is 26.0. The van der Waals surface area contributed by atoms with E-state index >= 15 is 0 Å². The molecular formula is C24H24F2N4O3. The summed E-state index contributed by atoms with van der Waals surface area (Å²) in [5.74, 6) is -0.359. The third-order valence-electron chi connectivity index (χ3n) is 6.20. The molecule has 0 bridgehead atoms. The number of rotatable bonds is 4. The number of hydrogen-bond acceptors (Lipinski definition) is 6. The van der Waals surface area contributed by atoms with E-state index < -0.39 is 11.6 Å². The lowest BCUT2D eigenvalue weighted by molar-refractivity contribution is 0.0699. The molecule has 7 nitrogen and oxygen atoms in total. The number of nitrogens with zero attached hydrogens (tertiary/aromatic N) is 4. The molecule has 5 rings (SSSR count). The second kappa shape index (κ2) is 8.80. The molecule has 1 amide bonds.